The Balaban J connectivity index is 2.05. The van der Waals surface area contributed by atoms with Gasteiger partial charge < -0.3 is 9.47 Å². The maximum Gasteiger partial charge on any atom is 0.161 e. The molecule has 1 saturated heterocycles. The van der Waals surface area contributed by atoms with Crippen LogP contribution in [0.5, 0.6) is 11.5 Å². The fourth-order valence-corrected chi connectivity index (χ4v) is 3.97. The molecule has 0 atom stereocenters. The molecule has 1 aliphatic heterocycles. The Labute approximate surface area is 139 Å². The summed E-state index contributed by atoms with van der Waals surface area (Å²) in [7, 11) is -2.86. The Hall–Kier alpha value is -1.27. The smallest absolute Gasteiger partial charge is 0.161 e. The summed E-state index contributed by atoms with van der Waals surface area (Å²) in [5.74, 6) is 2.09. The Morgan fingerprint density at radius 2 is 1.91 bits per heavy atom. The van der Waals surface area contributed by atoms with E-state index in [9.17, 15) is 8.42 Å². The van der Waals surface area contributed by atoms with Gasteiger partial charge in [0.15, 0.2) is 21.3 Å². The molecule has 23 heavy (non-hydrogen) atoms. The van der Waals surface area contributed by atoms with Crippen LogP contribution in [0.15, 0.2) is 18.2 Å². The molecule has 0 saturated carbocycles. The first-order valence-electron chi connectivity index (χ1n) is 8.35. The lowest BCUT2D eigenvalue weighted by atomic mass is 10.2. The van der Waals surface area contributed by atoms with Gasteiger partial charge in [-0.2, -0.15) is 0 Å². The molecule has 1 fully saturated rings. The topological polar surface area (TPSA) is 55.8 Å². The molecule has 2 rings (SSSR count). The third-order valence-electron chi connectivity index (χ3n) is 3.82. The van der Waals surface area contributed by atoms with E-state index in [1.54, 1.807) is 0 Å². The van der Waals surface area contributed by atoms with Crippen molar-refractivity contribution >= 4 is 9.84 Å². The van der Waals surface area contributed by atoms with Crippen molar-refractivity contribution in [2.24, 2.45) is 0 Å². The molecular formula is C17H27NO4S. The van der Waals surface area contributed by atoms with Crippen molar-refractivity contribution in [3.05, 3.63) is 23.8 Å². The van der Waals surface area contributed by atoms with Crippen molar-refractivity contribution in [2.75, 3.05) is 37.8 Å². The van der Waals surface area contributed by atoms with Crippen molar-refractivity contribution in [3.63, 3.8) is 0 Å². The highest BCUT2D eigenvalue weighted by Gasteiger charge is 2.19. The highest BCUT2D eigenvalue weighted by atomic mass is 32.2. The van der Waals surface area contributed by atoms with Gasteiger partial charge in [0.25, 0.3) is 0 Å². The van der Waals surface area contributed by atoms with Crippen molar-refractivity contribution in [3.8, 4) is 11.5 Å². The van der Waals surface area contributed by atoms with Gasteiger partial charge in [-0.3, -0.25) is 4.90 Å². The fraction of sp³-hybridized carbons (Fsp3) is 0.647. The lowest BCUT2D eigenvalue weighted by Crippen LogP contribution is -2.26. The minimum atomic E-state index is -2.86. The summed E-state index contributed by atoms with van der Waals surface area (Å²) >= 11 is 0. The van der Waals surface area contributed by atoms with Crippen molar-refractivity contribution < 1.29 is 17.9 Å². The standard InChI is InChI=1S/C17H27NO4S/c1-3-10-22-16-7-6-15(13-17(16)21-4-2)14-18-8-5-11-23(19,20)12-9-18/h6-7,13H,3-5,8-12,14H2,1-2H3. The van der Waals surface area contributed by atoms with Crippen LogP contribution < -0.4 is 9.47 Å². The molecule has 0 unspecified atom stereocenters. The molecule has 6 heteroatoms. The van der Waals surface area contributed by atoms with Crippen LogP contribution in [0, 0.1) is 0 Å². The van der Waals surface area contributed by atoms with Crippen LogP contribution in [0.3, 0.4) is 0 Å². The van der Waals surface area contributed by atoms with Gasteiger partial charge in [-0.25, -0.2) is 8.42 Å². The van der Waals surface area contributed by atoms with E-state index >= 15 is 0 Å². The van der Waals surface area contributed by atoms with Crippen LogP contribution in [0.25, 0.3) is 0 Å². The maximum atomic E-state index is 11.7. The quantitative estimate of drug-likeness (QED) is 0.763. The zero-order valence-electron chi connectivity index (χ0n) is 14.1. The number of nitrogens with zero attached hydrogens (tertiary/aromatic N) is 1. The van der Waals surface area contributed by atoms with Crippen molar-refractivity contribution in [1.29, 1.82) is 0 Å². The molecular weight excluding hydrogens is 314 g/mol. The lowest BCUT2D eigenvalue weighted by molar-refractivity contribution is 0.272. The van der Waals surface area contributed by atoms with E-state index < -0.39 is 9.84 Å². The summed E-state index contributed by atoms with van der Waals surface area (Å²) in [5.41, 5.74) is 1.12. The second-order valence-electron chi connectivity index (χ2n) is 5.84. The number of benzene rings is 1. The van der Waals surface area contributed by atoms with Crippen LogP contribution in [-0.2, 0) is 16.4 Å². The van der Waals surface area contributed by atoms with Crippen molar-refractivity contribution in [2.45, 2.75) is 33.2 Å². The zero-order chi connectivity index (χ0) is 16.7. The Morgan fingerprint density at radius 1 is 1.09 bits per heavy atom. The summed E-state index contributed by atoms with van der Waals surface area (Å²) in [6.45, 7) is 7.44. The fourth-order valence-electron chi connectivity index (χ4n) is 2.66. The molecule has 1 heterocycles. The normalized spacial score (nSPS) is 18.3. The van der Waals surface area contributed by atoms with Crippen molar-refractivity contribution in [1.82, 2.24) is 4.90 Å². The first kappa shape index (κ1) is 18.1. The van der Waals surface area contributed by atoms with E-state index in [4.69, 9.17) is 9.47 Å². The van der Waals surface area contributed by atoms with Crippen LogP contribution >= 0.6 is 0 Å². The summed E-state index contributed by atoms with van der Waals surface area (Å²) in [6, 6.07) is 5.99. The number of hydrogen-bond acceptors (Lipinski definition) is 5. The van der Waals surface area contributed by atoms with E-state index in [1.807, 2.05) is 25.1 Å². The molecule has 0 radical (unpaired) electrons. The summed E-state index contributed by atoms with van der Waals surface area (Å²) in [4.78, 5) is 2.20. The zero-order valence-corrected chi connectivity index (χ0v) is 14.9. The van der Waals surface area contributed by atoms with Gasteiger partial charge in [0.05, 0.1) is 24.7 Å². The molecule has 130 valence electrons. The molecule has 0 aliphatic carbocycles. The van der Waals surface area contributed by atoms with Gasteiger partial charge in [-0.05, 0) is 44.0 Å². The minimum Gasteiger partial charge on any atom is -0.490 e. The second kappa shape index (κ2) is 8.55. The SMILES string of the molecule is CCCOc1ccc(CN2CCCS(=O)(=O)CC2)cc1OCC. The average Bonchev–Trinajstić information content (AvgIpc) is 2.68. The van der Waals surface area contributed by atoms with Crippen LogP contribution in [0.1, 0.15) is 32.3 Å². The van der Waals surface area contributed by atoms with Crippen LogP contribution in [0.4, 0.5) is 0 Å². The molecule has 1 aromatic rings. The van der Waals surface area contributed by atoms with Gasteiger partial charge >= 0.3 is 0 Å². The molecule has 1 aromatic carbocycles. The molecule has 0 aromatic heterocycles. The van der Waals surface area contributed by atoms with E-state index in [1.165, 1.54) is 0 Å². The molecule has 5 nitrogen and oxygen atoms in total. The van der Waals surface area contributed by atoms with E-state index in [0.29, 0.717) is 31.9 Å². The maximum absolute atomic E-state index is 11.7. The summed E-state index contributed by atoms with van der Waals surface area (Å²) < 4.78 is 34.8. The highest BCUT2D eigenvalue weighted by molar-refractivity contribution is 7.91. The average molecular weight is 341 g/mol. The van der Waals surface area contributed by atoms with Crippen LogP contribution in [0.2, 0.25) is 0 Å². The Morgan fingerprint density at radius 3 is 2.65 bits per heavy atom. The third-order valence-corrected chi connectivity index (χ3v) is 5.54. The highest BCUT2D eigenvalue weighted by Crippen LogP contribution is 2.29. The van der Waals surface area contributed by atoms with E-state index in [2.05, 4.69) is 11.8 Å². The predicted octanol–water partition coefficient (Wildman–Crippen LogP) is 2.49. The molecule has 1 aliphatic rings. The monoisotopic (exact) mass is 341 g/mol. The Bertz CT molecular complexity index is 601. The van der Waals surface area contributed by atoms with E-state index in [-0.39, 0.29) is 5.75 Å². The summed E-state index contributed by atoms with van der Waals surface area (Å²) in [5, 5.41) is 0. The largest absolute Gasteiger partial charge is 0.490 e. The molecule has 0 amide bonds. The third kappa shape index (κ3) is 5.70. The second-order valence-corrected chi connectivity index (χ2v) is 8.15. The lowest BCUT2D eigenvalue weighted by Gasteiger charge is -2.20. The van der Waals surface area contributed by atoms with Gasteiger partial charge in [-0.1, -0.05) is 13.0 Å². The van der Waals surface area contributed by atoms with Crippen LogP contribution in [-0.4, -0.2) is 51.1 Å². The van der Waals surface area contributed by atoms with Gasteiger partial charge in [0, 0.05) is 13.1 Å². The molecule has 0 N–H and O–H groups in total. The molecule has 0 bridgehead atoms. The predicted molar refractivity (Wildman–Crippen MR) is 91.9 cm³/mol. The van der Waals surface area contributed by atoms with Gasteiger partial charge in [0.2, 0.25) is 0 Å². The Kier molecular flexibility index (Phi) is 6.72. The number of sulfone groups is 1. The van der Waals surface area contributed by atoms with Gasteiger partial charge in [0.1, 0.15) is 0 Å². The first-order valence-corrected chi connectivity index (χ1v) is 10.2. The number of rotatable bonds is 7. The minimum absolute atomic E-state index is 0.253. The first-order chi connectivity index (χ1) is 11.0. The van der Waals surface area contributed by atoms with E-state index in [0.717, 1.165) is 36.6 Å². The van der Waals surface area contributed by atoms with Gasteiger partial charge in [-0.15, -0.1) is 0 Å². The molecule has 0 spiro atoms. The summed E-state index contributed by atoms with van der Waals surface area (Å²) in [6.07, 6.45) is 1.66. The number of hydrogen-bond donors (Lipinski definition) is 0. The number of ether oxygens (including phenoxy) is 2.